The van der Waals surface area contributed by atoms with Gasteiger partial charge in [-0.3, -0.25) is 4.90 Å². The van der Waals surface area contributed by atoms with Gasteiger partial charge in [0, 0.05) is 13.1 Å². The Balaban J connectivity index is 1.87. The SMILES string of the molecule is NCc1ccc2c(c1)S(=O)(=O)C(CN1CCCCC1)=C2. The number of hydrogen-bond acceptors (Lipinski definition) is 4. The number of benzene rings is 1. The Kier molecular flexibility index (Phi) is 3.67. The van der Waals surface area contributed by atoms with Gasteiger partial charge in [-0.1, -0.05) is 18.6 Å². The highest BCUT2D eigenvalue weighted by Crippen LogP contribution is 2.34. The zero-order valence-corrected chi connectivity index (χ0v) is 12.3. The Hall–Kier alpha value is -1.17. The summed E-state index contributed by atoms with van der Waals surface area (Å²) in [4.78, 5) is 3.19. The number of hydrogen-bond donors (Lipinski definition) is 1. The maximum atomic E-state index is 12.6. The summed E-state index contributed by atoms with van der Waals surface area (Å²) >= 11 is 0. The summed E-state index contributed by atoms with van der Waals surface area (Å²) in [6, 6.07) is 5.47. The average molecular weight is 292 g/mol. The van der Waals surface area contributed by atoms with Gasteiger partial charge in [-0.15, -0.1) is 0 Å². The van der Waals surface area contributed by atoms with Gasteiger partial charge in [-0.25, -0.2) is 8.42 Å². The van der Waals surface area contributed by atoms with Gasteiger partial charge < -0.3 is 5.73 Å². The van der Waals surface area contributed by atoms with E-state index in [0.717, 1.165) is 37.1 Å². The molecule has 0 saturated carbocycles. The summed E-state index contributed by atoms with van der Waals surface area (Å²) in [5.41, 5.74) is 7.26. The van der Waals surface area contributed by atoms with Gasteiger partial charge in [0.05, 0.1) is 9.80 Å². The standard InChI is InChI=1S/C15H20N2O2S/c16-10-12-4-5-13-9-14(20(18,19)15(13)8-12)11-17-6-2-1-3-7-17/h4-5,8-9H,1-3,6-7,10-11,16H2. The third-order valence-corrected chi connectivity index (χ3v) is 5.96. The quantitative estimate of drug-likeness (QED) is 0.922. The fourth-order valence-corrected chi connectivity index (χ4v) is 4.58. The van der Waals surface area contributed by atoms with Crippen molar-refractivity contribution in [2.24, 2.45) is 5.73 Å². The fourth-order valence-electron chi connectivity index (χ4n) is 2.92. The fraction of sp³-hybridized carbons (Fsp3) is 0.467. The summed E-state index contributed by atoms with van der Waals surface area (Å²) in [5, 5.41) is 0. The number of sulfone groups is 1. The lowest BCUT2D eigenvalue weighted by molar-refractivity contribution is 0.250. The first kappa shape index (κ1) is 13.8. The van der Waals surface area contributed by atoms with Crippen LogP contribution in [-0.4, -0.2) is 33.0 Å². The minimum Gasteiger partial charge on any atom is -0.326 e. The van der Waals surface area contributed by atoms with E-state index in [2.05, 4.69) is 4.90 Å². The van der Waals surface area contributed by atoms with Crippen molar-refractivity contribution < 1.29 is 8.42 Å². The molecule has 1 fully saturated rings. The van der Waals surface area contributed by atoms with Crippen molar-refractivity contribution in [1.29, 1.82) is 0 Å². The molecule has 108 valence electrons. The minimum atomic E-state index is -3.31. The lowest BCUT2D eigenvalue weighted by atomic mass is 10.1. The molecule has 2 N–H and O–H groups in total. The average Bonchev–Trinajstić information content (AvgIpc) is 2.71. The summed E-state index contributed by atoms with van der Waals surface area (Å²) in [5.74, 6) is 0. The normalized spacial score (nSPS) is 21.6. The van der Waals surface area contributed by atoms with Gasteiger partial charge in [-0.05, 0) is 49.2 Å². The van der Waals surface area contributed by atoms with Crippen molar-refractivity contribution in [1.82, 2.24) is 4.90 Å². The van der Waals surface area contributed by atoms with Gasteiger partial charge in [0.1, 0.15) is 0 Å². The number of likely N-dealkylation sites (tertiary alicyclic amines) is 1. The third-order valence-electron chi connectivity index (χ3n) is 4.09. The molecular weight excluding hydrogens is 272 g/mol. The smallest absolute Gasteiger partial charge is 0.204 e. The third kappa shape index (κ3) is 2.41. The van der Waals surface area contributed by atoms with E-state index in [1.807, 2.05) is 18.2 Å². The van der Waals surface area contributed by atoms with Crippen LogP contribution in [0.1, 0.15) is 30.4 Å². The summed E-state index contributed by atoms with van der Waals surface area (Å²) < 4.78 is 25.2. The highest BCUT2D eigenvalue weighted by Gasteiger charge is 2.30. The van der Waals surface area contributed by atoms with E-state index in [0.29, 0.717) is 22.9 Å². The number of nitrogens with two attached hydrogens (primary N) is 1. The first-order valence-electron chi connectivity index (χ1n) is 7.12. The lowest BCUT2D eigenvalue weighted by Crippen LogP contribution is -2.32. The lowest BCUT2D eigenvalue weighted by Gasteiger charge is -2.26. The Morgan fingerprint density at radius 3 is 2.60 bits per heavy atom. The van der Waals surface area contributed by atoms with Crippen molar-refractivity contribution in [2.75, 3.05) is 19.6 Å². The molecule has 1 aromatic carbocycles. The van der Waals surface area contributed by atoms with Gasteiger partial charge in [0.2, 0.25) is 9.84 Å². The molecule has 0 atom stereocenters. The van der Waals surface area contributed by atoms with Crippen LogP contribution in [0.2, 0.25) is 0 Å². The van der Waals surface area contributed by atoms with Gasteiger partial charge in [0.25, 0.3) is 0 Å². The number of piperidine rings is 1. The zero-order valence-electron chi connectivity index (χ0n) is 11.5. The molecule has 1 aromatic rings. The van der Waals surface area contributed by atoms with Crippen molar-refractivity contribution in [3.05, 3.63) is 34.2 Å². The van der Waals surface area contributed by atoms with E-state index in [1.54, 1.807) is 6.07 Å². The summed E-state index contributed by atoms with van der Waals surface area (Å²) in [6.07, 6.45) is 5.40. The Labute approximate surface area is 120 Å². The van der Waals surface area contributed by atoms with Crippen molar-refractivity contribution in [3.8, 4) is 0 Å². The Morgan fingerprint density at radius 2 is 1.90 bits per heavy atom. The van der Waals surface area contributed by atoms with Crippen LogP contribution in [0.5, 0.6) is 0 Å². The van der Waals surface area contributed by atoms with Crippen LogP contribution in [0.3, 0.4) is 0 Å². The Bertz CT molecular complexity index is 644. The number of fused-ring (bicyclic) bond motifs is 1. The van der Waals surface area contributed by atoms with E-state index in [9.17, 15) is 8.42 Å². The van der Waals surface area contributed by atoms with Crippen LogP contribution in [0.15, 0.2) is 28.0 Å². The molecule has 0 amide bonds. The molecule has 5 heteroatoms. The van der Waals surface area contributed by atoms with Gasteiger partial charge >= 0.3 is 0 Å². The molecule has 0 spiro atoms. The molecule has 20 heavy (non-hydrogen) atoms. The molecule has 3 rings (SSSR count). The van der Waals surface area contributed by atoms with Crippen LogP contribution in [-0.2, 0) is 16.4 Å². The summed E-state index contributed by atoms with van der Waals surface area (Å²) in [7, 11) is -3.31. The maximum absolute atomic E-state index is 12.6. The van der Waals surface area contributed by atoms with Gasteiger partial charge in [0.15, 0.2) is 0 Å². The van der Waals surface area contributed by atoms with Crippen molar-refractivity contribution >= 4 is 15.9 Å². The maximum Gasteiger partial charge on any atom is 0.204 e. The second-order valence-electron chi connectivity index (χ2n) is 5.53. The van der Waals surface area contributed by atoms with Crippen LogP contribution in [0, 0.1) is 0 Å². The second kappa shape index (κ2) is 5.31. The van der Waals surface area contributed by atoms with E-state index in [1.165, 1.54) is 6.42 Å². The van der Waals surface area contributed by atoms with Crippen LogP contribution in [0.25, 0.3) is 6.08 Å². The van der Waals surface area contributed by atoms with E-state index in [4.69, 9.17) is 5.73 Å². The number of rotatable bonds is 3. The molecule has 2 heterocycles. The second-order valence-corrected chi connectivity index (χ2v) is 7.50. The predicted octanol–water partition coefficient (Wildman–Crippen LogP) is 1.76. The van der Waals surface area contributed by atoms with E-state index in [-0.39, 0.29) is 0 Å². The molecule has 0 unspecified atom stereocenters. The van der Waals surface area contributed by atoms with Crippen LogP contribution < -0.4 is 5.73 Å². The molecule has 0 radical (unpaired) electrons. The van der Waals surface area contributed by atoms with Gasteiger partial charge in [-0.2, -0.15) is 0 Å². The number of nitrogens with zero attached hydrogens (tertiary/aromatic N) is 1. The molecule has 0 aromatic heterocycles. The molecule has 4 nitrogen and oxygen atoms in total. The minimum absolute atomic E-state index is 0.365. The van der Waals surface area contributed by atoms with E-state index >= 15 is 0 Å². The van der Waals surface area contributed by atoms with Crippen LogP contribution in [0.4, 0.5) is 0 Å². The highest BCUT2D eigenvalue weighted by molar-refractivity contribution is 7.95. The highest BCUT2D eigenvalue weighted by atomic mass is 32.2. The molecule has 2 aliphatic rings. The van der Waals surface area contributed by atoms with E-state index < -0.39 is 9.84 Å². The summed E-state index contributed by atoms with van der Waals surface area (Å²) in [6.45, 7) is 2.90. The molecule has 2 aliphatic heterocycles. The van der Waals surface area contributed by atoms with Crippen molar-refractivity contribution in [2.45, 2.75) is 30.7 Å². The molecule has 0 bridgehead atoms. The monoisotopic (exact) mass is 292 g/mol. The predicted molar refractivity (Wildman–Crippen MR) is 79.8 cm³/mol. The molecule has 1 saturated heterocycles. The topological polar surface area (TPSA) is 63.4 Å². The van der Waals surface area contributed by atoms with Crippen LogP contribution >= 0.6 is 0 Å². The van der Waals surface area contributed by atoms with Crippen molar-refractivity contribution in [3.63, 3.8) is 0 Å². The Morgan fingerprint density at radius 1 is 1.15 bits per heavy atom. The zero-order chi connectivity index (χ0) is 14.2. The molecular formula is C15H20N2O2S. The molecule has 0 aliphatic carbocycles. The first-order valence-corrected chi connectivity index (χ1v) is 8.60. The largest absolute Gasteiger partial charge is 0.326 e. The first-order chi connectivity index (χ1) is 9.61.